The van der Waals surface area contributed by atoms with Gasteiger partial charge in [-0.05, 0) is 41.0 Å². The van der Waals surface area contributed by atoms with Gasteiger partial charge in [0, 0.05) is 23.3 Å². The summed E-state index contributed by atoms with van der Waals surface area (Å²) in [5.74, 6) is 0. The molecule has 2 aliphatic rings. The number of para-hydroxylation sites is 1. The number of anilines is 1. The van der Waals surface area contributed by atoms with Crippen LogP contribution in [0.2, 0.25) is 0 Å². The quantitative estimate of drug-likeness (QED) is 0.161. The highest BCUT2D eigenvalue weighted by atomic mass is 32.2. The normalized spacial score (nSPS) is 18.9. The molecule has 7 heteroatoms. The second kappa shape index (κ2) is 9.70. The molecule has 5 aromatic rings. The molecule has 0 fully saturated rings. The van der Waals surface area contributed by atoms with Crippen LogP contribution in [0.5, 0.6) is 0 Å². The van der Waals surface area contributed by atoms with Crippen LogP contribution in [0.3, 0.4) is 0 Å². The number of non-ortho nitro benzene ring substituents is 1. The molecule has 0 amide bonds. The second-order valence-corrected chi connectivity index (χ2v) is 12.4. The van der Waals surface area contributed by atoms with Crippen molar-refractivity contribution < 1.29 is 4.92 Å². The third kappa shape index (κ3) is 3.77. The number of nitro benzene ring substituents is 1. The van der Waals surface area contributed by atoms with E-state index in [1.807, 2.05) is 30.0 Å². The largest absolute Gasteiger partial charge is 0.269 e. The highest BCUT2D eigenvalue weighted by molar-refractivity contribution is 8.26. The third-order valence-corrected chi connectivity index (χ3v) is 10.7. The molecule has 0 radical (unpaired) electrons. The van der Waals surface area contributed by atoms with Gasteiger partial charge < -0.3 is 0 Å². The Labute approximate surface area is 240 Å². The summed E-state index contributed by atoms with van der Waals surface area (Å²) < 4.78 is -1.11. The van der Waals surface area contributed by atoms with E-state index in [0.29, 0.717) is 0 Å². The maximum absolute atomic E-state index is 11.3. The molecule has 0 aliphatic carbocycles. The van der Waals surface area contributed by atoms with Gasteiger partial charge in [0.15, 0.2) is 4.20 Å². The standard InChI is InChI=1S/C33H23N3O2S2/c37-36(38)28-22-20-24(21-23-28)31-34-35(27-16-8-3-9-17-27)33(39-31)30-19-11-10-18-29(30)32(40-33,25-12-4-1-5-13-25)26-14-6-2-7-15-26/h1-23H/t33-/m1/s1. The van der Waals surface area contributed by atoms with Gasteiger partial charge in [0.1, 0.15) is 5.04 Å². The first-order valence-corrected chi connectivity index (χ1v) is 14.5. The van der Waals surface area contributed by atoms with Crippen molar-refractivity contribution in [2.24, 2.45) is 5.10 Å². The highest BCUT2D eigenvalue weighted by Crippen LogP contribution is 2.71. The Bertz CT molecular complexity index is 1690. The number of hydrazone groups is 1. The Morgan fingerprint density at radius 2 is 1.18 bits per heavy atom. The molecule has 0 aromatic heterocycles. The lowest BCUT2D eigenvalue weighted by Gasteiger charge is -2.37. The lowest BCUT2D eigenvalue weighted by atomic mass is 9.82. The van der Waals surface area contributed by atoms with Gasteiger partial charge in [-0.3, -0.25) is 10.1 Å². The smallest absolute Gasteiger partial charge is 0.258 e. The van der Waals surface area contributed by atoms with Gasteiger partial charge in [0.25, 0.3) is 5.69 Å². The fourth-order valence-electron chi connectivity index (χ4n) is 5.55. The minimum atomic E-state index is -0.624. The minimum absolute atomic E-state index is 0.0646. The molecule has 2 aliphatic heterocycles. The first kappa shape index (κ1) is 24.7. The van der Waals surface area contributed by atoms with Crippen molar-refractivity contribution >= 4 is 39.9 Å². The molecule has 0 saturated heterocycles. The maximum Gasteiger partial charge on any atom is 0.269 e. The van der Waals surface area contributed by atoms with E-state index in [2.05, 4.69) is 102 Å². The van der Waals surface area contributed by atoms with Crippen molar-refractivity contribution in [2.75, 3.05) is 5.01 Å². The van der Waals surface area contributed by atoms with Gasteiger partial charge in [0.2, 0.25) is 0 Å². The van der Waals surface area contributed by atoms with Crippen LogP contribution in [0, 0.1) is 10.1 Å². The zero-order chi connectivity index (χ0) is 27.2. The van der Waals surface area contributed by atoms with Crippen molar-refractivity contribution in [2.45, 2.75) is 8.95 Å². The molecule has 5 aromatic carbocycles. The van der Waals surface area contributed by atoms with E-state index in [4.69, 9.17) is 5.10 Å². The van der Waals surface area contributed by atoms with Gasteiger partial charge in [0.05, 0.1) is 15.4 Å². The van der Waals surface area contributed by atoms with E-state index >= 15 is 0 Å². The summed E-state index contributed by atoms with van der Waals surface area (Å²) in [6.07, 6.45) is 0. The number of benzene rings is 5. The summed E-state index contributed by atoms with van der Waals surface area (Å²) >= 11 is 3.57. The van der Waals surface area contributed by atoms with Crippen LogP contribution in [0.25, 0.3) is 0 Å². The zero-order valence-corrected chi connectivity index (χ0v) is 22.9. The average Bonchev–Trinajstić information content (AvgIpc) is 3.55. The van der Waals surface area contributed by atoms with Crippen LogP contribution in [0.1, 0.15) is 27.8 Å². The number of hydrogen-bond acceptors (Lipinski definition) is 6. The molecular formula is C33H23N3O2S2. The fourth-order valence-corrected chi connectivity index (χ4v) is 9.22. The van der Waals surface area contributed by atoms with Crippen LogP contribution >= 0.6 is 23.5 Å². The topological polar surface area (TPSA) is 58.7 Å². The molecule has 40 heavy (non-hydrogen) atoms. The summed E-state index contributed by atoms with van der Waals surface area (Å²) in [5, 5.41) is 19.5. The lowest BCUT2D eigenvalue weighted by Crippen LogP contribution is -2.33. The van der Waals surface area contributed by atoms with Gasteiger partial charge in [-0.25, -0.2) is 5.01 Å². The first-order valence-electron chi connectivity index (χ1n) is 12.9. The van der Waals surface area contributed by atoms with Crippen LogP contribution in [0.15, 0.2) is 145 Å². The number of nitro groups is 1. The van der Waals surface area contributed by atoms with E-state index in [0.717, 1.165) is 16.3 Å². The highest BCUT2D eigenvalue weighted by Gasteiger charge is 2.61. The second-order valence-electron chi connectivity index (χ2n) is 9.60. The molecule has 1 spiro atoms. The monoisotopic (exact) mass is 557 g/mol. The third-order valence-electron chi connectivity index (χ3n) is 7.33. The number of hydrogen-bond donors (Lipinski definition) is 0. The molecule has 2 heterocycles. The van der Waals surface area contributed by atoms with Crippen LogP contribution in [0.4, 0.5) is 11.4 Å². The summed E-state index contributed by atoms with van der Waals surface area (Å²) in [5.41, 5.74) is 6.71. The summed E-state index contributed by atoms with van der Waals surface area (Å²) in [6, 6.07) is 46.9. The summed E-state index contributed by atoms with van der Waals surface area (Å²) in [6.45, 7) is 0. The number of nitrogens with zero attached hydrogens (tertiary/aromatic N) is 3. The molecule has 1 atom stereocenters. The first-order chi connectivity index (χ1) is 19.6. The van der Waals surface area contributed by atoms with Crippen molar-refractivity contribution in [1.29, 1.82) is 0 Å². The minimum Gasteiger partial charge on any atom is -0.258 e. The molecule has 0 bridgehead atoms. The Morgan fingerprint density at radius 1 is 0.650 bits per heavy atom. The predicted molar refractivity (Wildman–Crippen MR) is 165 cm³/mol. The Kier molecular flexibility index (Phi) is 5.99. The molecular weight excluding hydrogens is 535 g/mol. The van der Waals surface area contributed by atoms with E-state index in [1.165, 1.54) is 22.3 Å². The van der Waals surface area contributed by atoms with Crippen molar-refractivity contribution in [3.63, 3.8) is 0 Å². The van der Waals surface area contributed by atoms with Crippen molar-refractivity contribution in [3.05, 3.63) is 177 Å². The molecule has 0 unspecified atom stereocenters. The maximum atomic E-state index is 11.3. The molecule has 194 valence electrons. The van der Waals surface area contributed by atoms with Crippen LogP contribution < -0.4 is 5.01 Å². The Hall–Kier alpha value is -4.33. The average molecular weight is 558 g/mol. The van der Waals surface area contributed by atoms with E-state index in [1.54, 1.807) is 36.0 Å². The fraction of sp³-hybridized carbons (Fsp3) is 0.0606. The number of thioether (sulfide) groups is 2. The zero-order valence-electron chi connectivity index (χ0n) is 21.3. The molecule has 7 rings (SSSR count). The SMILES string of the molecule is O=[N+]([O-])c1ccc(C2=NN(c3ccccc3)[C@]3(S2)SC(c2ccccc2)(c2ccccc2)c2ccccc23)cc1. The van der Waals surface area contributed by atoms with Gasteiger partial charge in [-0.15, -0.1) is 0 Å². The van der Waals surface area contributed by atoms with Crippen molar-refractivity contribution in [3.8, 4) is 0 Å². The van der Waals surface area contributed by atoms with Gasteiger partial charge >= 0.3 is 0 Å². The van der Waals surface area contributed by atoms with Gasteiger partial charge in [-0.1, -0.05) is 127 Å². The van der Waals surface area contributed by atoms with Crippen LogP contribution in [-0.4, -0.2) is 9.97 Å². The van der Waals surface area contributed by atoms with E-state index < -0.39 is 8.95 Å². The molecule has 0 saturated carbocycles. The Morgan fingerprint density at radius 3 is 1.75 bits per heavy atom. The lowest BCUT2D eigenvalue weighted by molar-refractivity contribution is -0.384. The number of rotatable bonds is 5. The molecule has 0 N–H and O–H groups in total. The van der Waals surface area contributed by atoms with Gasteiger partial charge in [-0.2, -0.15) is 5.10 Å². The summed E-state index contributed by atoms with van der Waals surface area (Å²) in [7, 11) is 0. The Balaban J connectivity index is 1.46. The van der Waals surface area contributed by atoms with E-state index in [-0.39, 0.29) is 10.6 Å². The number of fused-ring (bicyclic) bond motifs is 2. The van der Waals surface area contributed by atoms with Crippen molar-refractivity contribution in [1.82, 2.24) is 0 Å². The predicted octanol–water partition coefficient (Wildman–Crippen LogP) is 8.36. The summed E-state index contributed by atoms with van der Waals surface area (Å²) in [4.78, 5) is 10.9. The van der Waals surface area contributed by atoms with E-state index in [9.17, 15) is 10.1 Å². The van der Waals surface area contributed by atoms with Crippen LogP contribution in [-0.2, 0) is 8.95 Å². The molecule has 5 nitrogen and oxygen atoms in total.